The molecule has 18 heavy (non-hydrogen) atoms. The minimum Gasteiger partial charge on any atom is -0.444 e. The lowest BCUT2D eigenvalue weighted by Gasteiger charge is -2.45. The molecule has 0 aromatic heterocycles. The lowest BCUT2D eigenvalue weighted by Crippen LogP contribution is -2.60. The van der Waals surface area contributed by atoms with Crippen molar-refractivity contribution in [2.24, 2.45) is 0 Å². The summed E-state index contributed by atoms with van der Waals surface area (Å²) >= 11 is 0. The molecule has 1 N–H and O–H groups in total. The Balaban J connectivity index is 1.95. The van der Waals surface area contributed by atoms with E-state index in [2.05, 4.69) is 5.32 Å². The Morgan fingerprint density at radius 3 is 2.56 bits per heavy atom. The zero-order valence-electron chi connectivity index (χ0n) is 11.9. The number of hydrogen-bond acceptors (Lipinski definition) is 3. The van der Waals surface area contributed by atoms with Crippen LogP contribution >= 0.6 is 0 Å². The minimum absolute atomic E-state index is 0.158. The standard InChI is InChI=1S/C14H26N2O2/c1-13(2,3)18-12(17)16-10-6-8-14(11-16)7-4-5-9-15-14/h15H,4-11H2,1-3H3/t14-/m1/s1. The molecule has 0 saturated carbocycles. The average molecular weight is 254 g/mol. The number of nitrogens with one attached hydrogen (secondary N) is 1. The fourth-order valence-corrected chi connectivity index (χ4v) is 2.99. The molecule has 0 aliphatic carbocycles. The first-order chi connectivity index (χ1) is 8.40. The molecule has 2 rings (SSSR count). The Kier molecular flexibility index (Phi) is 3.85. The van der Waals surface area contributed by atoms with Crippen LogP contribution in [-0.4, -0.2) is 41.8 Å². The maximum Gasteiger partial charge on any atom is 0.410 e. The highest BCUT2D eigenvalue weighted by Gasteiger charge is 2.38. The number of carbonyl (C=O) groups is 1. The summed E-state index contributed by atoms with van der Waals surface area (Å²) < 4.78 is 5.47. The molecule has 1 amide bonds. The van der Waals surface area contributed by atoms with E-state index < -0.39 is 5.60 Å². The molecule has 0 bridgehead atoms. The molecular formula is C14H26N2O2. The van der Waals surface area contributed by atoms with E-state index in [1.54, 1.807) is 0 Å². The third kappa shape index (κ3) is 3.37. The third-order valence-corrected chi connectivity index (χ3v) is 3.81. The highest BCUT2D eigenvalue weighted by molar-refractivity contribution is 5.68. The molecule has 0 unspecified atom stereocenters. The van der Waals surface area contributed by atoms with Crippen molar-refractivity contribution in [3.8, 4) is 0 Å². The molecule has 0 aromatic rings. The Morgan fingerprint density at radius 1 is 1.22 bits per heavy atom. The molecule has 0 aromatic carbocycles. The smallest absolute Gasteiger partial charge is 0.410 e. The first kappa shape index (κ1) is 13.7. The zero-order valence-corrected chi connectivity index (χ0v) is 11.9. The van der Waals surface area contributed by atoms with Gasteiger partial charge in [0.15, 0.2) is 0 Å². The minimum atomic E-state index is -0.401. The molecule has 1 spiro atoms. The number of hydrogen-bond donors (Lipinski definition) is 1. The van der Waals surface area contributed by atoms with Crippen LogP contribution in [0.4, 0.5) is 4.79 Å². The maximum atomic E-state index is 12.1. The Hall–Kier alpha value is -0.770. The summed E-state index contributed by atoms with van der Waals surface area (Å²) in [6.45, 7) is 8.48. The summed E-state index contributed by atoms with van der Waals surface area (Å²) in [5.41, 5.74) is -0.241. The molecule has 4 heteroatoms. The van der Waals surface area contributed by atoms with Crippen molar-refractivity contribution in [3.05, 3.63) is 0 Å². The van der Waals surface area contributed by atoms with E-state index in [4.69, 9.17) is 4.74 Å². The molecule has 2 aliphatic heterocycles. The maximum absolute atomic E-state index is 12.1. The molecule has 2 heterocycles. The molecule has 0 radical (unpaired) electrons. The highest BCUT2D eigenvalue weighted by atomic mass is 16.6. The highest BCUT2D eigenvalue weighted by Crippen LogP contribution is 2.29. The van der Waals surface area contributed by atoms with Gasteiger partial charge in [0.25, 0.3) is 0 Å². The predicted molar refractivity (Wildman–Crippen MR) is 71.6 cm³/mol. The van der Waals surface area contributed by atoms with Gasteiger partial charge < -0.3 is 15.0 Å². The fourth-order valence-electron chi connectivity index (χ4n) is 2.99. The van der Waals surface area contributed by atoms with Gasteiger partial charge in [-0.2, -0.15) is 0 Å². The first-order valence-electron chi connectivity index (χ1n) is 7.13. The van der Waals surface area contributed by atoms with Crippen LogP contribution in [0.3, 0.4) is 0 Å². The SMILES string of the molecule is CC(C)(C)OC(=O)N1CCC[C@]2(CCCCN2)C1. The Labute approximate surface area is 110 Å². The molecule has 2 saturated heterocycles. The number of rotatable bonds is 0. The van der Waals surface area contributed by atoms with Crippen molar-refractivity contribution in [2.75, 3.05) is 19.6 Å². The second-order valence-corrected chi connectivity index (χ2v) is 6.67. The van der Waals surface area contributed by atoms with Crippen LogP contribution in [0.2, 0.25) is 0 Å². The van der Waals surface area contributed by atoms with Crippen molar-refractivity contribution in [1.82, 2.24) is 10.2 Å². The van der Waals surface area contributed by atoms with Crippen molar-refractivity contribution in [1.29, 1.82) is 0 Å². The van der Waals surface area contributed by atoms with Gasteiger partial charge in [-0.05, 0) is 53.0 Å². The van der Waals surface area contributed by atoms with Gasteiger partial charge in [0.2, 0.25) is 0 Å². The quantitative estimate of drug-likeness (QED) is 0.722. The topological polar surface area (TPSA) is 41.6 Å². The van der Waals surface area contributed by atoms with Gasteiger partial charge in [-0.15, -0.1) is 0 Å². The van der Waals surface area contributed by atoms with E-state index in [0.717, 1.165) is 26.1 Å². The molecule has 4 nitrogen and oxygen atoms in total. The third-order valence-electron chi connectivity index (χ3n) is 3.81. The van der Waals surface area contributed by atoms with E-state index in [9.17, 15) is 4.79 Å². The van der Waals surface area contributed by atoms with Gasteiger partial charge in [0.1, 0.15) is 5.60 Å². The van der Waals surface area contributed by atoms with Gasteiger partial charge in [0.05, 0.1) is 0 Å². The van der Waals surface area contributed by atoms with Crippen LogP contribution in [-0.2, 0) is 4.74 Å². The number of carbonyl (C=O) groups excluding carboxylic acids is 1. The van der Waals surface area contributed by atoms with Crippen LogP contribution in [0.15, 0.2) is 0 Å². The van der Waals surface area contributed by atoms with Crippen LogP contribution < -0.4 is 5.32 Å². The summed E-state index contributed by atoms with van der Waals surface area (Å²) in [6.07, 6.45) is 5.82. The molecule has 2 aliphatic rings. The largest absolute Gasteiger partial charge is 0.444 e. The summed E-state index contributed by atoms with van der Waals surface area (Å²) in [6, 6.07) is 0. The molecule has 104 valence electrons. The average Bonchev–Trinajstić information content (AvgIpc) is 2.28. The fraction of sp³-hybridized carbons (Fsp3) is 0.929. The predicted octanol–water partition coefficient (Wildman–Crippen LogP) is 2.53. The van der Waals surface area contributed by atoms with Gasteiger partial charge in [0, 0.05) is 18.6 Å². The van der Waals surface area contributed by atoms with Crippen molar-refractivity contribution in [3.63, 3.8) is 0 Å². The van der Waals surface area contributed by atoms with Gasteiger partial charge in [-0.3, -0.25) is 0 Å². The van der Waals surface area contributed by atoms with Gasteiger partial charge in [-0.25, -0.2) is 4.79 Å². The molecule has 2 fully saturated rings. The van der Waals surface area contributed by atoms with E-state index in [-0.39, 0.29) is 11.6 Å². The van der Waals surface area contributed by atoms with E-state index in [0.29, 0.717) is 0 Å². The van der Waals surface area contributed by atoms with Gasteiger partial charge in [-0.1, -0.05) is 6.42 Å². The van der Waals surface area contributed by atoms with Crippen LogP contribution in [0.5, 0.6) is 0 Å². The van der Waals surface area contributed by atoms with Crippen molar-refractivity contribution >= 4 is 6.09 Å². The summed E-state index contributed by atoms with van der Waals surface area (Å²) in [4.78, 5) is 14.0. The summed E-state index contributed by atoms with van der Waals surface area (Å²) in [5, 5.41) is 3.63. The van der Waals surface area contributed by atoms with Crippen LogP contribution in [0, 0.1) is 0 Å². The zero-order chi connectivity index (χ0) is 13.2. The van der Waals surface area contributed by atoms with E-state index in [1.165, 1.54) is 25.7 Å². The van der Waals surface area contributed by atoms with E-state index >= 15 is 0 Å². The summed E-state index contributed by atoms with van der Waals surface area (Å²) in [7, 11) is 0. The Morgan fingerprint density at radius 2 is 1.94 bits per heavy atom. The molecular weight excluding hydrogens is 228 g/mol. The van der Waals surface area contributed by atoms with E-state index in [1.807, 2.05) is 25.7 Å². The second kappa shape index (κ2) is 5.08. The number of amides is 1. The monoisotopic (exact) mass is 254 g/mol. The lowest BCUT2D eigenvalue weighted by molar-refractivity contribution is 0.00797. The first-order valence-corrected chi connectivity index (χ1v) is 7.13. The number of ether oxygens (including phenoxy) is 1. The molecule has 1 atom stereocenters. The summed E-state index contributed by atoms with van der Waals surface area (Å²) in [5.74, 6) is 0. The van der Waals surface area contributed by atoms with Crippen LogP contribution in [0.25, 0.3) is 0 Å². The number of likely N-dealkylation sites (tertiary alicyclic amines) is 1. The van der Waals surface area contributed by atoms with Crippen molar-refractivity contribution < 1.29 is 9.53 Å². The Bertz CT molecular complexity index is 298. The number of nitrogens with zero attached hydrogens (tertiary/aromatic N) is 1. The number of piperidine rings is 2. The second-order valence-electron chi connectivity index (χ2n) is 6.67. The van der Waals surface area contributed by atoms with Crippen molar-refractivity contribution in [2.45, 2.75) is 64.0 Å². The lowest BCUT2D eigenvalue weighted by atomic mass is 9.82. The van der Waals surface area contributed by atoms with Crippen LogP contribution in [0.1, 0.15) is 52.9 Å². The normalized spacial score (nSPS) is 29.4. The van der Waals surface area contributed by atoms with Gasteiger partial charge >= 0.3 is 6.09 Å².